The highest BCUT2D eigenvalue weighted by Gasteiger charge is 2.79. The molecule has 0 rings (SSSR count). The summed E-state index contributed by atoms with van der Waals surface area (Å²) in [6, 6.07) is 0. The normalized spacial score (nSPS) is 18.9. The molecular weight excluding hydrogens is 255 g/mol. The largest absolute Gasteiger partial charge is 0.457 e. The van der Waals surface area contributed by atoms with Crippen molar-refractivity contribution < 1.29 is 39.5 Å². The quantitative estimate of drug-likeness (QED) is 0.661. The van der Waals surface area contributed by atoms with Crippen LogP contribution in [-0.4, -0.2) is 23.9 Å². The van der Waals surface area contributed by atoms with Crippen molar-refractivity contribution in [1.82, 2.24) is 0 Å². The topological polar surface area (TPSA) is 0 Å². The van der Waals surface area contributed by atoms with Crippen LogP contribution in [0.3, 0.4) is 0 Å². The number of hydrogen-bond donors (Lipinski definition) is 0. The lowest BCUT2D eigenvalue weighted by Gasteiger charge is -2.33. The van der Waals surface area contributed by atoms with Gasteiger partial charge >= 0.3 is 18.3 Å². The van der Waals surface area contributed by atoms with Crippen molar-refractivity contribution in [2.24, 2.45) is 0 Å². The zero-order valence-electron chi connectivity index (χ0n) is 7.26. The first kappa shape index (κ1) is 15.1. The van der Waals surface area contributed by atoms with E-state index in [1.165, 1.54) is 0 Å². The maximum absolute atomic E-state index is 12.9. The second-order valence-corrected chi connectivity index (χ2v) is 2.68. The van der Waals surface area contributed by atoms with Crippen molar-refractivity contribution in [3.8, 4) is 0 Å². The predicted octanol–water partition coefficient (Wildman–Crippen LogP) is 3.84. The van der Waals surface area contributed by atoms with Crippen LogP contribution in [0, 0.1) is 6.92 Å². The Morgan fingerprint density at radius 1 is 0.688 bits per heavy atom. The monoisotopic (exact) mass is 259 g/mol. The Bertz CT molecular complexity index is 271. The van der Waals surface area contributed by atoms with Gasteiger partial charge in [-0.1, -0.05) is 6.08 Å². The third-order valence-electron chi connectivity index (χ3n) is 1.57. The first-order valence-electron chi connectivity index (χ1n) is 3.48. The Morgan fingerprint density at radius 2 is 1.06 bits per heavy atom. The number of allylic oxidation sites excluding steroid dienone is 2. The summed E-state index contributed by atoms with van der Waals surface area (Å²) in [5, 5.41) is 0. The zero-order chi connectivity index (χ0) is 13.4. The van der Waals surface area contributed by atoms with Crippen molar-refractivity contribution in [3.63, 3.8) is 0 Å². The van der Waals surface area contributed by atoms with Crippen LogP contribution in [0.15, 0.2) is 12.2 Å². The molecule has 16 heavy (non-hydrogen) atoms. The molecule has 0 aliphatic carbocycles. The molecule has 9 heteroatoms. The van der Waals surface area contributed by atoms with Gasteiger partial charge in [-0.15, -0.1) is 0 Å². The summed E-state index contributed by atoms with van der Waals surface area (Å²) in [5.41, 5.74) is -5.83. The van der Waals surface area contributed by atoms with Crippen molar-refractivity contribution in [2.75, 3.05) is 0 Å². The molecule has 0 aliphatic heterocycles. The van der Waals surface area contributed by atoms with Gasteiger partial charge < -0.3 is 0 Å². The van der Waals surface area contributed by atoms with Crippen molar-refractivity contribution in [1.29, 1.82) is 0 Å². The van der Waals surface area contributed by atoms with Gasteiger partial charge in [-0.2, -0.15) is 35.1 Å². The molecule has 0 N–H and O–H groups in total. The second kappa shape index (κ2) is 3.85. The SMILES string of the molecule is [CH2]C=CC(F)(C(F)(F)F)C(F)(F)C(F)(F)F. The minimum absolute atomic E-state index is 0.118. The summed E-state index contributed by atoms with van der Waals surface area (Å²) in [6.45, 7) is 2.46. The van der Waals surface area contributed by atoms with Crippen molar-refractivity contribution in [3.05, 3.63) is 19.1 Å². The number of rotatable bonds is 2. The molecule has 1 radical (unpaired) electrons. The summed E-state index contributed by atoms with van der Waals surface area (Å²) >= 11 is 0. The summed E-state index contributed by atoms with van der Waals surface area (Å²) < 4.78 is 108. The van der Waals surface area contributed by atoms with E-state index in [0.29, 0.717) is 0 Å². The molecule has 0 nitrogen and oxygen atoms in total. The van der Waals surface area contributed by atoms with Gasteiger partial charge in [0.15, 0.2) is 0 Å². The molecule has 1 atom stereocenters. The third-order valence-corrected chi connectivity index (χ3v) is 1.57. The van der Waals surface area contributed by atoms with Crippen molar-refractivity contribution >= 4 is 0 Å². The minimum atomic E-state index is -6.67. The fourth-order valence-corrected chi connectivity index (χ4v) is 0.746. The van der Waals surface area contributed by atoms with E-state index in [2.05, 4.69) is 6.92 Å². The molecule has 0 saturated carbocycles. The van der Waals surface area contributed by atoms with E-state index in [1.807, 2.05) is 0 Å². The van der Waals surface area contributed by atoms with E-state index in [1.54, 1.807) is 0 Å². The van der Waals surface area contributed by atoms with Crippen LogP contribution in [0.5, 0.6) is 0 Å². The highest BCUT2D eigenvalue weighted by Crippen LogP contribution is 2.53. The molecule has 0 saturated heterocycles. The van der Waals surface area contributed by atoms with Crippen LogP contribution >= 0.6 is 0 Å². The Morgan fingerprint density at radius 3 is 1.25 bits per heavy atom. The summed E-state index contributed by atoms with van der Waals surface area (Å²) in [7, 11) is 0. The van der Waals surface area contributed by atoms with Crippen LogP contribution < -0.4 is 0 Å². The van der Waals surface area contributed by atoms with Gasteiger partial charge in [-0.05, 0) is 13.0 Å². The molecule has 0 aromatic heterocycles. The van der Waals surface area contributed by atoms with Gasteiger partial charge in [0.2, 0.25) is 0 Å². The van der Waals surface area contributed by atoms with Gasteiger partial charge in [0.05, 0.1) is 0 Å². The van der Waals surface area contributed by atoms with E-state index in [0.717, 1.165) is 0 Å². The molecule has 0 aromatic carbocycles. The van der Waals surface area contributed by atoms with E-state index < -0.39 is 30.0 Å². The van der Waals surface area contributed by atoms with Gasteiger partial charge in [0.1, 0.15) is 0 Å². The highest BCUT2D eigenvalue weighted by molar-refractivity contribution is 5.16. The minimum Gasteiger partial charge on any atom is -0.222 e. The smallest absolute Gasteiger partial charge is 0.222 e. The van der Waals surface area contributed by atoms with Crippen LogP contribution in [-0.2, 0) is 0 Å². The summed E-state index contributed by atoms with van der Waals surface area (Å²) in [6.07, 6.45) is -14.2. The number of halogens is 9. The van der Waals surface area contributed by atoms with Crippen LogP contribution in [0.4, 0.5) is 39.5 Å². The lowest BCUT2D eigenvalue weighted by atomic mass is 9.95. The first-order chi connectivity index (χ1) is 6.81. The third kappa shape index (κ3) is 2.12. The molecular formula is C7H4F9. The van der Waals surface area contributed by atoms with Crippen molar-refractivity contribution in [2.45, 2.75) is 23.9 Å². The molecule has 0 amide bonds. The zero-order valence-corrected chi connectivity index (χ0v) is 7.26. The van der Waals surface area contributed by atoms with E-state index in [4.69, 9.17) is 0 Å². The summed E-state index contributed by atoms with van der Waals surface area (Å²) in [4.78, 5) is 0. The maximum Gasteiger partial charge on any atom is 0.457 e. The van der Waals surface area contributed by atoms with E-state index in [9.17, 15) is 39.5 Å². The lowest BCUT2D eigenvalue weighted by Crippen LogP contribution is -2.60. The molecule has 0 bridgehead atoms. The molecule has 0 heterocycles. The Balaban J connectivity index is 5.74. The number of hydrogen-bond acceptors (Lipinski definition) is 0. The standard InChI is InChI=1S/C7H4F9/c1-2-3-4(8,6(11,12)13)5(9,10)7(14,15)16/h2-3H,1H2. The van der Waals surface area contributed by atoms with Crippen LogP contribution in [0.25, 0.3) is 0 Å². The maximum atomic E-state index is 12.9. The fourth-order valence-electron chi connectivity index (χ4n) is 0.746. The van der Waals surface area contributed by atoms with Gasteiger partial charge in [-0.3, -0.25) is 0 Å². The van der Waals surface area contributed by atoms with Crippen LogP contribution in [0.1, 0.15) is 0 Å². The first-order valence-corrected chi connectivity index (χ1v) is 3.48. The molecule has 0 fully saturated rings. The Kier molecular flexibility index (Phi) is 3.63. The van der Waals surface area contributed by atoms with E-state index >= 15 is 0 Å². The average molecular weight is 259 g/mol. The molecule has 0 spiro atoms. The van der Waals surface area contributed by atoms with Crippen LogP contribution in [0.2, 0.25) is 0 Å². The Labute approximate surface area is 83.7 Å². The second-order valence-electron chi connectivity index (χ2n) is 2.68. The van der Waals surface area contributed by atoms with Gasteiger partial charge in [0, 0.05) is 0 Å². The highest BCUT2D eigenvalue weighted by atomic mass is 19.4. The molecule has 1 unspecified atom stereocenters. The lowest BCUT2D eigenvalue weighted by molar-refractivity contribution is -0.369. The van der Waals surface area contributed by atoms with E-state index in [-0.39, 0.29) is 6.08 Å². The number of alkyl halides is 9. The fraction of sp³-hybridized carbons (Fsp3) is 0.571. The molecule has 95 valence electrons. The Hall–Kier alpha value is -0.890. The summed E-state index contributed by atoms with van der Waals surface area (Å²) in [5.74, 6) is -6.59. The molecule has 0 aromatic rings. The van der Waals surface area contributed by atoms with Gasteiger partial charge in [-0.25, -0.2) is 4.39 Å². The van der Waals surface area contributed by atoms with Gasteiger partial charge in [0.25, 0.3) is 5.67 Å². The molecule has 0 aliphatic rings. The predicted molar refractivity (Wildman–Crippen MR) is 35.4 cm³/mol. The average Bonchev–Trinajstić information content (AvgIpc) is 1.99.